The van der Waals surface area contributed by atoms with Crippen molar-refractivity contribution in [3.63, 3.8) is 0 Å². The predicted molar refractivity (Wildman–Crippen MR) is 67.2 cm³/mol. The van der Waals surface area contributed by atoms with Crippen LogP contribution >= 0.6 is 0 Å². The fourth-order valence-electron chi connectivity index (χ4n) is 0.546. The Hall–Kier alpha value is -1.17. The van der Waals surface area contributed by atoms with Crippen LogP contribution in [0.3, 0.4) is 0 Å². The van der Waals surface area contributed by atoms with E-state index >= 15 is 0 Å². The molecule has 0 amide bonds. The summed E-state index contributed by atoms with van der Waals surface area (Å²) in [5.41, 5.74) is 1.16. The summed E-state index contributed by atoms with van der Waals surface area (Å²) in [6.07, 6.45) is 0. The topological polar surface area (TPSA) is 59.0 Å². The monoisotopic (exact) mass is 245 g/mol. The Morgan fingerprint density at radius 2 is 1.71 bits per heavy atom. The number of hydrogen-bond donors (Lipinski definition) is 1. The minimum atomic E-state index is -0.935. The Kier molecular flexibility index (Phi) is 12.1. The van der Waals surface area contributed by atoms with Gasteiger partial charge in [0.1, 0.15) is 0 Å². The van der Waals surface area contributed by atoms with Gasteiger partial charge in [0.25, 0.3) is 0 Å². The molecule has 5 nitrogen and oxygen atoms in total. The number of hydroxylamine groups is 2. The molecule has 0 atom stereocenters. The maximum absolute atomic E-state index is 9.60. The molecule has 0 fully saturated rings. The lowest BCUT2D eigenvalue weighted by molar-refractivity contribution is -0.360. The summed E-state index contributed by atoms with van der Waals surface area (Å²) < 4.78 is 0. The molecular weight excluding hydrogens is 222 g/mol. The Morgan fingerprint density at radius 3 is 1.94 bits per heavy atom. The molecule has 0 spiro atoms. The summed E-state index contributed by atoms with van der Waals surface area (Å²) >= 11 is 0. The lowest BCUT2D eigenvalue weighted by atomic mass is 10.4. The predicted octanol–water partition coefficient (Wildman–Crippen LogP) is 2.41. The van der Waals surface area contributed by atoms with Gasteiger partial charge >= 0.3 is 5.97 Å². The van der Waals surface area contributed by atoms with Crippen LogP contribution in [-0.4, -0.2) is 36.1 Å². The molecule has 0 aliphatic carbocycles. The van der Waals surface area contributed by atoms with Crippen molar-refractivity contribution in [2.45, 2.75) is 27.7 Å². The van der Waals surface area contributed by atoms with Gasteiger partial charge in [-0.2, -0.15) is 0 Å². The fraction of sp³-hybridized carbons (Fsp3) is 0.583. The Balaban J connectivity index is 0. The van der Waals surface area contributed by atoms with Gasteiger partial charge in [0.15, 0.2) is 0 Å². The Labute approximate surface area is 103 Å². The van der Waals surface area contributed by atoms with Crippen molar-refractivity contribution >= 4 is 5.97 Å². The molecule has 0 aliphatic heterocycles. The molecule has 0 aromatic carbocycles. The molecule has 100 valence electrons. The van der Waals surface area contributed by atoms with Crippen molar-refractivity contribution in [3.05, 3.63) is 24.3 Å². The molecule has 1 N–H and O–H groups in total. The second-order valence-electron chi connectivity index (χ2n) is 3.38. The zero-order valence-electron chi connectivity index (χ0n) is 11.2. The minimum absolute atomic E-state index is 0.176. The molecule has 0 aliphatic rings. The Bertz CT molecular complexity index is 239. The van der Waals surface area contributed by atoms with Crippen LogP contribution in [-0.2, 0) is 14.5 Å². The van der Waals surface area contributed by atoms with Gasteiger partial charge in [-0.25, -0.2) is 4.79 Å². The van der Waals surface area contributed by atoms with Gasteiger partial charge in [0.2, 0.25) is 0 Å². The summed E-state index contributed by atoms with van der Waals surface area (Å²) in [6.45, 7) is 16.0. The highest BCUT2D eigenvalue weighted by Gasteiger charge is 2.00. The molecule has 0 saturated heterocycles. The van der Waals surface area contributed by atoms with E-state index in [2.05, 4.69) is 13.2 Å². The van der Waals surface area contributed by atoms with Gasteiger partial charge in [-0.3, -0.25) is 9.68 Å². The maximum Gasteiger partial charge on any atom is 0.330 e. The molecule has 0 heterocycles. The van der Waals surface area contributed by atoms with E-state index in [1.54, 1.807) is 0 Å². The largest absolute Gasteiger partial charge is 0.478 e. The van der Waals surface area contributed by atoms with Crippen LogP contribution in [0.5, 0.6) is 0 Å². The van der Waals surface area contributed by atoms with Gasteiger partial charge in [-0.15, -0.1) is 0 Å². The van der Waals surface area contributed by atoms with Gasteiger partial charge in [-0.05, 0) is 27.7 Å². The van der Waals surface area contributed by atoms with Gasteiger partial charge < -0.3 is 5.11 Å². The van der Waals surface area contributed by atoms with Crippen molar-refractivity contribution in [2.75, 3.05) is 19.8 Å². The maximum atomic E-state index is 9.60. The third-order valence-electron chi connectivity index (χ3n) is 1.35. The second kappa shape index (κ2) is 11.3. The first-order chi connectivity index (χ1) is 7.84. The molecule has 0 rings (SSSR count). The average molecular weight is 245 g/mol. The zero-order chi connectivity index (χ0) is 13.8. The quantitative estimate of drug-likeness (QED) is 0.424. The number of carboxylic acids is 1. The van der Waals surface area contributed by atoms with E-state index in [-0.39, 0.29) is 5.57 Å². The summed E-state index contributed by atoms with van der Waals surface area (Å²) in [5.74, 6) is -0.935. The number of hydrogen-bond acceptors (Lipinski definition) is 4. The average Bonchev–Trinajstić information content (AvgIpc) is 2.24. The standard InChI is InChI=1S/C8H17NO2.C4H6O2/c1-5-9(10-6-2)11-7-8(3)4;1-3(2)4(5)6/h3,5-7H2,1-2,4H3;1H2,2H3,(H,5,6). The SMILES string of the molecule is C=C(C)C(=O)O.C=C(C)CON(CC)OCC. The van der Waals surface area contributed by atoms with E-state index in [0.717, 1.165) is 12.1 Å². The first-order valence-corrected chi connectivity index (χ1v) is 5.41. The Morgan fingerprint density at radius 1 is 1.24 bits per heavy atom. The van der Waals surface area contributed by atoms with Crippen LogP contribution in [0.4, 0.5) is 0 Å². The van der Waals surface area contributed by atoms with Crippen molar-refractivity contribution in [2.24, 2.45) is 0 Å². The molecule has 0 aromatic rings. The fourth-order valence-corrected chi connectivity index (χ4v) is 0.546. The molecule has 0 unspecified atom stereocenters. The summed E-state index contributed by atoms with van der Waals surface area (Å²) in [5, 5.41) is 9.36. The number of nitrogens with zero attached hydrogens (tertiary/aromatic N) is 1. The highest BCUT2D eigenvalue weighted by Crippen LogP contribution is 1.95. The normalized spacial score (nSPS) is 9.47. The third kappa shape index (κ3) is 14.8. The highest BCUT2D eigenvalue weighted by molar-refractivity contribution is 5.84. The smallest absolute Gasteiger partial charge is 0.330 e. The first kappa shape index (κ1) is 18.2. The van der Waals surface area contributed by atoms with Crippen LogP contribution < -0.4 is 0 Å². The number of carboxylic acid groups (broad SMARTS) is 1. The zero-order valence-corrected chi connectivity index (χ0v) is 11.2. The lowest BCUT2D eigenvalue weighted by Gasteiger charge is -2.17. The van der Waals surface area contributed by atoms with Gasteiger partial charge in [0, 0.05) is 12.1 Å². The van der Waals surface area contributed by atoms with Crippen molar-refractivity contribution in [1.82, 2.24) is 5.23 Å². The van der Waals surface area contributed by atoms with Crippen LogP contribution in [0.1, 0.15) is 27.7 Å². The van der Waals surface area contributed by atoms with E-state index in [4.69, 9.17) is 14.8 Å². The van der Waals surface area contributed by atoms with Crippen LogP contribution in [0.2, 0.25) is 0 Å². The molecule has 5 heteroatoms. The molecule has 0 bridgehead atoms. The van der Waals surface area contributed by atoms with Crippen molar-refractivity contribution in [3.8, 4) is 0 Å². The van der Waals surface area contributed by atoms with Gasteiger partial charge in [-0.1, -0.05) is 24.0 Å². The number of carbonyl (C=O) groups is 1. The highest BCUT2D eigenvalue weighted by atomic mass is 16.9. The van der Waals surface area contributed by atoms with Crippen LogP contribution in [0.15, 0.2) is 24.3 Å². The van der Waals surface area contributed by atoms with Gasteiger partial charge in [0.05, 0.1) is 13.2 Å². The summed E-state index contributed by atoms with van der Waals surface area (Å²) in [7, 11) is 0. The van der Waals surface area contributed by atoms with Crippen LogP contribution in [0.25, 0.3) is 0 Å². The second-order valence-corrected chi connectivity index (χ2v) is 3.38. The number of aliphatic carboxylic acids is 1. The van der Waals surface area contributed by atoms with E-state index in [1.807, 2.05) is 20.8 Å². The van der Waals surface area contributed by atoms with E-state index in [9.17, 15) is 4.79 Å². The van der Waals surface area contributed by atoms with E-state index in [0.29, 0.717) is 13.2 Å². The molecule has 0 radical (unpaired) electrons. The van der Waals surface area contributed by atoms with E-state index < -0.39 is 5.97 Å². The molecule has 17 heavy (non-hydrogen) atoms. The van der Waals surface area contributed by atoms with Crippen LogP contribution in [0, 0.1) is 0 Å². The summed E-state index contributed by atoms with van der Waals surface area (Å²) in [4.78, 5) is 19.9. The summed E-state index contributed by atoms with van der Waals surface area (Å²) in [6, 6.07) is 0. The van der Waals surface area contributed by atoms with E-state index in [1.165, 1.54) is 12.2 Å². The molecular formula is C12H23NO4. The minimum Gasteiger partial charge on any atom is -0.478 e. The third-order valence-corrected chi connectivity index (χ3v) is 1.35. The first-order valence-electron chi connectivity index (χ1n) is 5.41. The number of rotatable bonds is 7. The van der Waals surface area contributed by atoms with Crippen molar-refractivity contribution in [1.29, 1.82) is 0 Å². The van der Waals surface area contributed by atoms with Crippen molar-refractivity contribution < 1.29 is 19.6 Å². The molecule has 0 aromatic heterocycles. The lowest BCUT2D eigenvalue weighted by Crippen LogP contribution is -2.24. The molecule has 0 saturated carbocycles.